The molecule has 2 aromatic rings. The van der Waals surface area contributed by atoms with Gasteiger partial charge in [-0.25, -0.2) is 0 Å². The zero-order valence-corrected chi connectivity index (χ0v) is 15.7. The average molecular weight is 366 g/mol. The number of hydrogen-bond acceptors (Lipinski definition) is 5. The number of ether oxygens (including phenoxy) is 3. The summed E-state index contributed by atoms with van der Waals surface area (Å²) in [6, 6.07) is 16.6. The van der Waals surface area contributed by atoms with Gasteiger partial charge in [0.1, 0.15) is 5.75 Å². The Morgan fingerprint density at radius 2 is 2.11 bits per heavy atom. The van der Waals surface area contributed by atoms with Gasteiger partial charge in [-0.3, -0.25) is 0 Å². The second-order valence-electron chi connectivity index (χ2n) is 6.56. The van der Waals surface area contributed by atoms with E-state index in [1.54, 1.807) is 7.11 Å². The molecule has 3 rings (SSSR count). The van der Waals surface area contributed by atoms with Crippen LogP contribution in [0, 0.1) is 11.3 Å². The van der Waals surface area contributed by atoms with Gasteiger partial charge in [-0.05, 0) is 43.0 Å². The van der Waals surface area contributed by atoms with Crippen molar-refractivity contribution in [2.24, 2.45) is 0 Å². The summed E-state index contributed by atoms with van der Waals surface area (Å²) in [7, 11) is 1.64. The summed E-state index contributed by atoms with van der Waals surface area (Å²) >= 11 is 0. The zero-order chi connectivity index (χ0) is 18.9. The smallest absolute Gasteiger partial charge is 0.161 e. The first kappa shape index (κ1) is 19.1. The molecule has 1 aliphatic heterocycles. The normalized spacial score (nSPS) is 15.8. The fourth-order valence-corrected chi connectivity index (χ4v) is 3.26. The molecule has 0 aliphatic carbocycles. The number of fused-ring (bicyclic) bond motifs is 1. The highest BCUT2D eigenvalue weighted by Crippen LogP contribution is 2.32. The van der Waals surface area contributed by atoms with E-state index in [0.29, 0.717) is 25.2 Å². The van der Waals surface area contributed by atoms with E-state index in [1.165, 1.54) is 5.56 Å². The summed E-state index contributed by atoms with van der Waals surface area (Å²) in [5.41, 5.74) is 2.35. The Kier molecular flexibility index (Phi) is 6.95. The number of nitrogens with zero attached hydrogens (tertiary/aromatic N) is 1. The molecular formula is C22H26N2O3. The fraction of sp³-hybridized carbons (Fsp3) is 0.409. The van der Waals surface area contributed by atoms with Crippen molar-refractivity contribution in [1.82, 2.24) is 5.32 Å². The van der Waals surface area contributed by atoms with Gasteiger partial charge in [-0.1, -0.05) is 24.3 Å². The van der Waals surface area contributed by atoms with Gasteiger partial charge in [0.15, 0.2) is 11.5 Å². The highest BCUT2D eigenvalue weighted by Gasteiger charge is 2.19. The Hall–Kier alpha value is -2.71. The molecule has 1 N–H and O–H groups in total. The highest BCUT2D eigenvalue weighted by molar-refractivity contribution is 5.43. The minimum absolute atomic E-state index is 0.269. The fourth-order valence-electron chi connectivity index (χ4n) is 3.26. The Bertz CT molecular complexity index is 785. The maximum atomic E-state index is 8.64. The Morgan fingerprint density at radius 1 is 1.22 bits per heavy atom. The maximum absolute atomic E-state index is 8.64. The largest absolute Gasteiger partial charge is 0.493 e. The van der Waals surface area contributed by atoms with Crippen LogP contribution < -0.4 is 19.5 Å². The van der Waals surface area contributed by atoms with E-state index in [0.717, 1.165) is 43.1 Å². The molecule has 1 heterocycles. The Morgan fingerprint density at radius 3 is 2.96 bits per heavy atom. The van der Waals surface area contributed by atoms with Crippen LogP contribution in [-0.2, 0) is 6.54 Å². The predicted octanol–water partition coefficient (Wildman–Crippen LogP) is 4.38. The van der Waals surface area contributed by atoms with Crippen molar-refractivity contribution >= 4 is 0 Å². The maximum Gasteiger partial charge on any atom is 0.161 e. The molecule has 1 atom stereocenters. The second kappa shape index (κ2) is 9.84. The van der Waals surface area contributed by atoms with Crippen LogP contribution in [0.4, 0.5) is 0 Å². The third-order valence-corrected chi connectivity index (χ3v) is 4.66. The van der Waals surface area contributed by atoms with E-state index >= 15 is 0 Å². The molecule has 0 saturated carbocycles. The lowest BCUT2D eigenvalue weighted by atomic mass is 10.0. The summed E-state index contributed by atoms with van der Waals surface area (Å²) in [6.07, 6.45) is 3.28. The molecule has 0 spiro atoms. The van der Waals surface area contributed by atoms with Gasteiger partial charge < -0.3 is 19.5 Å². The number of nitrogens with one attached hydrogen (secondary N) is 1. The number of hydrogen-bond donors (Lipinski definition) is 1. The highest BCUT2D eigenvalue weighted by atomic mass is 16.5. The van der Waals surface area contributed by atoms with Crippen molar-refractivity contribution in [2.45, 2.75) is 38.3 Å². The molecule has 0 saturated heterocycles. The zero-order valence-electron chi connectivity index (χ0n) is 15.7. The first-order valence-electron chi connectivity index (χ1n) is 9.43. The van der Waals surface area contributed by atoms with Crippen LogP contribution in [0.1, 0.15) is 42.9 Å². The molecule has 1 unspecified atom stereocenters. The van der Waals surface area contributed by atoms with Crippen LogP contribution in [0.15, 0.2) is 42.5 Å². The summed E-state index contributed by atoms with van der Waals surface area (Å²) in [5, 5.41) is 12.3. The van der Waals surface area contributed by atoms with Crippen molar-refractivity contribution in [2.75, 3.05) is 20.3 Å². The lowest BCUT2D eigenvalue weighted by Gasteiger charge is -2.19. The lowest BCUT2D eigenvalue weighted by Crippen LogP contribution is -2.20. The molecule has 0 aromatic heterocycles. The first-order valence-corrected chi connectivity index (χ1v) is 9.43. The van der Waals surface area contributed by atoms with Crippen LogP contribution in [0.25, 0.3) is 0 Å². The van der Waals surface area contributed by atoms with Gasteiger partial charge in [0.25, 0.3) is 0 Å². The molecule has 2 aromatic carbocycles. The van der Waals surface area contributed by atoms with Crippen molar-refractivity contribution < 1.29 is 14.2 Å². The number of methoxy groups -OCH3 is 1. The summed E-state index contributed by atoms with van der Waals surface area (Å²) in [4.78, 5) is 0. The molecule has 0 fully saturated rings. The average Bonchev–Trinajstić information content (AvgIpc) is 2.92. The van der Waals surface area contributed by atoms with Gasteiger partial charge in [0.05, 0.1) is 26.4 Å². The number of para-hydroxylation sites is 1. The molecule has 27 heavy (non-hydrogen) atoms. The molecule has 142 valence electrons. The van der Waals surface area contributed by atoms with E-state index in [9.17, 15) is 0 Å². The van der Waals surface area contributed by atoms with E-state index in [2.05, 4.69) is 23.5 Å². The molecular weight excluding hydrogens is 340 g/mol. The Labute approximate surface area is 160 Å². The minimum Gasteiger partial charge on any atom is -0.493 e. The van der Waals surface area contributed by atoms with Gasteiger partial charge in [-0.15, -0.1) is 0 Å². The number of rotatable bonds is 8. The number of nitriles is 1. The van der Waals surface area contributed by atoms with E-state index in [1.807, 2.05) is 30.3 Å². The summed E-state index contributed by atoms with van der Waals surface area (Å²) < 4.78 is 17.0. The molecule has 0 bridgehead atoms. The van der Waals surface area contributed by atoms with Gasteiger partial charge >= 0.3 is 0 Å². The molecule has 5 nitrogen and oxygen atoms in total. The SMILES string of the molecule is COc1ccc(CNC2CCCOc3ccccc32)cc1OCCCC#N. The third kappa shape index (κ3) is 5.15. The van der Waals surface area contributed by atoms with Gasteiger partial charge in [0, 0.05) is 24.6 Å². The monoisotopic (exact) mass is 366 g/mol. The van der Waals surface area contributed by atoms with Crippen LogP contribution in [0.5, 0.6) is 17.2 Å². The molecule has 5 heteroatoms. The Balaban J connectivity index is 1.66. The van der Waals surface area contributed by atoms with E-state index in [-0.39, 0.29) is 6.04 Å². The standard InChI is InChI=1S/C22H26N2O3/c1-25-21-11-10-17(15-22(21)27-13-5-4-12-23)16-24-19-8-6-14-26-20-9-3-2-7-18(19)20/h2-3,7,9-11,15,19,24H,4-6,8,13-14,16H2,1H3. The van der Waals surface area contributed by atoms with Crippen molar-refractivity contribution in [3.8, 4) is 23.3 Å². The minimum atomic E-state index is 0.269. The molecule has 1 aliphatic rings. The lowest BCUT2D eigenvalue weighted by molar-refractivity contribution is 0.290. The third-order valence-electron chi connectivity index (χ3n) is 4.66. The quantitative estimate of drug-likeness (QED) is 0.703. The van der Waals surface area contributed by atoms with Crippen molar-refractivity contribution in [1.29, 1.82) is 5.26 Å². The molecule has 0 amide bonds. The van der Waals surface area contributed by atoms with Crippen LogP contribution in [0.3, 0.4) is 0 Å². The number of benzene rings is 2. The molecule has 0 radical (unpaired) electrons. The predicted molar refractivity (Wildman–Crippen MR) is 104 cm³/mol. The number of unbranched alkanes of at least 4 members (excludes halogenated alkanes) is 1. The van der Waals surface area contributed by atoms with E-state index < -0.39 is 0 Å². The van der Waals surface area contributed by atoms with Crippen molar-refractivity contribution in [3.63, 3.8) is 0 Å². The summed E-state index contributed by atoms with van der Waals surface area (Å²) in [6.45, 7) is 2.00. The van der Waals surface area contributed by atoms with Crippen LogP contribution in [0.2, 0.25) is 0 Å². The van der Waals surface area contributed by atoms with E-state index in [4.69, 9.17) is 19.5 Å². The van der Waals surface area contributed by atoms with Gasteiger partial charge in [-0.2, -0.15) is 5.26 Å². The van der Waals surface area contributed by atoms with Gasteiger partial charge in [0.2, 0.25) is 0 Å². The first-order chi connectivity index (χ1) is 13.3. The second-order valence-corrected chi connectivity index (χ2v) is 6.56. The van der Waals surface area contributed by atoms with Crippen LogP contribution in [-0.4, -0.2) is 20.3 Å². The topological polar surface area (TPSA) is 63.5 Å². The van der Waals surface area contributed by atoms with Crippen molar-refractivity contribution in [3.05, 3.63) is 53.6 Å². The van der Waals surface area contributed by atoms with Crippen LogP contribution >= 0.6 is 0 Å². The summed E-state index contributed by atoms with van der Waals surface area (Å²) in [5.74, 6) is 2.41.